The predicted molar refractivity (Wildman–Crippen MR) is 122 cm³/mol. The van der Waals surface area contributed by atoms with Gasteiger partial charge in [0.15, 0.2) is 11.5 Å². The van der Waals surface area contributed by atoms with Gasteiger partial charge in [-0.05, 0) is 55.3 Å². The molecule has 1 atom stereocenters. The summed E-state index contributed by atoms with van der Waals surface area (Å²) in [5, 5.41) is 11.8. The summed E-state index contributed by atoms with van der Waals surface area (Å²) in [6.45, 7) is 3.90. The lowest BCUT2D eigenvalue weighted by atomic mass is 9.94. The fourth-order valence-electron chi connectivity index (χ4n) is 4.62. The van der Waals surface area contributed by atoms with E-state index in [1.807, 2.05) is 74.1 Å². The summed E-state index contributed by atoms with van der Waals surface area (Å²) < 4.78 is 7.28. The lowest BCUT2D eigenvalue weighted by Crippen LogP contribution is -2.31. The van der Waals surface area contributed by atoms with Gasteiger partial charge in [0.25, 0.3) is 5.91 Å². The first kappa shape index (κ1) is 19.9. The summed E-state index contributed by atoms with van der Waals surface area (Å²) in [5.74, 6) is -1.59. The first-order chi connectivity index (χ1) is 15.4. The molecular formula is C26H22N2O4. The monoisotopic (exact) mass is 426 g/mol. The van der Waals surface area contributed by atoms with Crippen molar-refractivity contribution in [3.05, 3.63) is 101 Å². The van der Waals surface area contributed by atoms with E-state index in [0.29, 0.717) is 5.69 Å². The normalized spacial score (nSPS) is 16.4. The number of hydrogen-bond acceptors (Lipinski definition) is 4. The molecule has 5 rings (SSSR count). The fraction of sp³-hybridized carbons (Fsp3) is 0.154. The third-order valence-electron chi connectivity index (χ3n) is 5.90. The molecular weight excluding hydrogens is 404 g/mol. The van der Waals surface area contributed by atoms with Crippen molar-refractivity contribution in [1.82, 2.24) is 4.57 Å². The highest BCUT2D eigenvalue weighted by Crippen LogP contribution is 2.44. The SMILES string of the molecule is Cc1cc(C)cc(N2C(=O)C(O)=C(C(=O)c3ccco3)C2c2cn(C)c3ccccc23)c1. The van der Waals surface area contributed by atoms with E-state index in [1.54, 1.807) is 6.07 Å². The number of hydrogen-bond donors (Lipinski definition) is 1. The highest BCUT2D eigenvalue weighted by atomic mass is 16.3. The Morgan fingerprint density at radius 3 is 2.44 bits per heavy atom. The average molecular weight is 426 g/mol. The van der Waals surface area contributed by atoms with Gasteiger partial charge in [0.1, 0.15) is 0 Å². The number of ketones is 1. The zero-order valence-electron chi connectivity index (χ0n) is 18.0. The minimum absolute atomic E-state index is 0.0143. The molecule has 0 radical (unpaired) electrons. The number of aromatic nitrogens is 1. The van der Waals surface area contributed by atoms with Gasteiger partial charge >= 0.3 is 0 Å². The van der Waals surface area contributed by atoms with Crippen LogP contribution < -0.4 is 4.90 Å². The van der Waals surface area contributed by atoms with Gasteiger partial charge in [-0.3, -0.25) is 14.5 Å². The number of rotatable bonds is 4. The van der Waals surface area contributed by atoms with Gasteiger partial charge < -0.3 is 14.1 Å². The van der Waals surface area contributed by atoms with E-state index in [-0.39, 0.29) is 11.3 Å². The zero-order valence-corrected chi connectivity index (χ0v) is 18.0. The number of para-hydroxylation sites is 1. The molecule has 1 amide bonds. The summed E-state index contributed by atoms with van der Waals surface area (Å²) in [5.41, 5.74) is 4.32. The smallest absolute Gasteiger partial charge is 0.294 e. The van der Waals surface area contributed by atoms with E-state index in [4.69, 9.17) is 4.42 Å². The van der Waals surface area contributed by atoms with E-state index in [1.165, 1.54) is 17.2 Å². The number of amides is 1. The molecule has 3 heterocycles. The molecule has 1 aliphatic rings. The van der Waals surface area contributed by atoms with Crippen LogP contribution in [0, 0.1) is 13.8 Å². The Bertz CT molecular complexity index is 1390. The third-order valence-corrected chi connectivity index (χ3v) is 5.90. The van der Waals surface area contributed by atoms with Crippen LogP contribution in [0.4, 0.5) is 5.69 Å². The maximum Gasteiger partial charge on any atom is 0.294 e. The minimum Gasteiger partial charge on any atom is -0.503 e. The minimum atomic E-state index is -0.799. The highest BCUT2D eigenvalue weighted by Gasteiger charge is 2.46. The predicted octanol–water partition coefficient (Wildman–Crippen LogP) is 5.17. The number of anilines is 1. The fourth-order valence-corrected chi connectivity index (χ4v) is 4.62. The Morgan fingerprint density at radius 1 is 1.03 bits per heavy atom. The van der Waals surface area contributed by atoms with Crippen LogP contribution in [0.5, 0.6) is 0 Å². The van der Waals surface area contributed by atoms with Crippen molar-refractivity contribution < 1.29 is 19.1 Å². The summed E-state index contributed by atoms with van der Waals surface area (Å²) in [6, 6.07) is 15.9. The molecule has 6 heteroatoms. The highest BCUT2D eigenvalue weighted by molar-refractivity contribution is 6.20. The number of aliphatic hydroxyl groups is 1. The van der Waals surface area contributed by atoms with Crippen LogP contribution in [0.1, 0.15) is 33.3 Å². The number of aliphatic hydroxyl groups excluding tert-OH is 1. The van der Waals surface area contributed by atoms with Crippen molar-refractivity contribution in [2.45, 2.75) is 19.9 Å². The van der Waals surface area contributed by atoms with Crippen molar-refractivity contribution in [2.24, 2.45) is 7.05 Å². The van der Waals surface area contributed by atoms with Gasteiger partial charge in [0.2, 0.25) is 5.78 Å². The van der Waals surface area contributed by atoms with E-state index in [2.05, 4.69) is 0 Å². The molecule has 6 nitrogen and oxygen atoms in total. The Balaban J connectivity index is 1.78. The van der Waals surface area contributed by atoms with Crippen molar-refractivity contribution >= 4 is 28.3 Å². The zero-order chi connectivity index (χ0) is 22.6. The molecule has 0 aliphatic carbocycles. The topological polar surface area (TPSA) is 75.7 Å². The summed E-state index contributed by atoms with van der Waals surface area (Å²) in [4.78, 5) is 28.3. The average Bonchev–Trinajstić information content (AvgIpc) is 3.46. The lowest BCUT2D eigenvalue weighted by Gasteiger charge is -2.27. The van der Waals surface area contributed by atoms with Gasteiger partial charge in [0, 0.05) is 35.4 Å². The van der Waals surface area contributed by atoms with Crippen LogP contribution in [-0.4, -0.2) is 21.4 Å². The van der Waals surface area contributed by atoms with Gasteiger partial charge in [-0.1, -0.05) is 24.3 Å². The quantitative estimate of drug-likeness (QED) is 0.457. The Kier molecular flexibility index (Phi) is 4.51. The molecule has 160 valence electrons. The summed E-state index contributed by atoms with van der Waals surface area (Å²) >= 11 is 0. The maximum absolute atomic E-state index is 13.4. The number of benzene rings is 2. The van der Waals surface area contributed by atoms with E-state index < -0.39 is 23.5 Å². The molecule has 0 fully saturated rings. The van der Waals surface area contributed by atoms with E-state index >= 15 is 0 Å². The molecule has 1 unspecified atom stereocenters. The Labute approximate surface area is 185 Å². The summed E-state index contributed by atoms with van der Waals surface area (Å²) in [6.07, 6.45) is 3.31. The Hall–Kier alpha value is -4.06. The molecule has 0 bridgehead atoms. The molecule has 2 aromatic carbocycles. The molecule has 0 spiro atoms. The first-order valence-electron chi connectivity index (χ1n) is 10.3. The third kappa shape index (κ3) is 2.95. The largest absolute Gasteiger partial charge is 0.503 e. The number of carbonyl (C=O) groups excluding carboxylic acids is 2. The summed E-state index contributed by atoms with van der Waals surface area (Å²) in [7, 11) is 1.92. The van der Waals surface area contributed by atoms with Crippen LogP contribution in [-0.2, 0) is 11.8 Å². The number of Topliss-reactive ketones (excluding diaryl/α,β-unsaturated/α-hetero) is 1. The Morgan fingerprint density at radius 2 is 1.75 bits per heavy atom. The van der Waals surface area contributed by atoms with Crippen LogP contribution in [0.2, 0.25) is 0 Å². The lowest BCUT2D eigenvalue weighted by molar-refractivity contribution is -0.117. The number of carbonyl (C=O) groups is 2. The van der Waals surface area contributed by atoms with E-state index in [0.717, 1.165) is 27.6 Å². The van der Waals surface area contributed by atoms with Crippen molar-refractivity contribution in [1.29, 1.82) is 0 Å². The van der Waals surface area contributed by atoms with Crippen molar-refractivity contribution in [2.75, 3.05) is 4.90 Å². The van der Waals surface area contributed by atoms with Crippen molar-refractivity contribution in [3.63, 3.8) is 0 Å². The van der Waals surface area contributed by atoms with Crippen LogP contribution in [0.3, 0.4) is 0 Å². The van der Waals surface area contributed by atoms with Gasteiger partial charge in [0.05, 0.1) is 17.9 Å². The second kappa shape index (κ2) is 7.27. The standard InChI is InChI=1S/C26H22N2O4/c1-15-11-16(2)13-17(12-15)28-23(19-14-27(3)20-8-5-4-7-18(19)20)22(25(30)26(28)31)24(29)21-9-6-10-32-21/h4-14,23,30H,1-3H3. The number of aryl methyl sites for hydroxylation is 3. The number of fused-ring (bicyclic) bond motifs is 1. The van der Waals surface area contributed by atoms with Crippen LogP contribution in [0.15, 0.2) is 82.8 Å². The molecule has 0 saturated carbocycles. The molecule has 1 N–H and O–H groups in total. The molecule has 0 saturated heterocycles. The number of nitrogens with zero attached hydrogens (tertiary/aromatic N) is 2. The van der Waals surface area contributed by atoms with Gasteiger partial charge in [-0.15, -0.1) is 0 Å². The van der Waals surface area contributed by atoms with Gasteiger partial charge in [-0.2, -0.15) is 0 Å². The van der Waals surface area contributed by atoms with Crippen molar-refractivity contribution in [3.8, 4) is 0 Å². The molecule has 4 aromatic rings. The number of furan rings is 1. The maximum atomic E-state index is 13.4. The second-order valence-electron chi connectivity index (χ2n) is 8.20. The second-order valence-corrected chi connectivity index (χ2v) is 8.20. The molecule has 1 aliphatic heterocycles. The van der Waals surface area contributed by atoms with Crippen LogP contribution in [0.25, 0.3) is 10.9 Å². The molecule has 32 heavy (non-hydrogen) atoms. The van der Waals surface area contributed by atoms with Gasteiger partial charge in [-0.25, -0.2) is 0 Å². The molecule has 2 aromatic heterocycles. The first-order valence-corrected chi connectivity index (χ1v) is 10.3. The van der Waals surface area contributed by atoms with E-state index in [9.17, 15) is 14.7 Å². The van der Waals surface area contributed by atoms with Crippen LogP contribution >= 0.6 is 0 Å².